The maximum atomic E-state index is 12.7. The van der Waals surface area contributed by atoms with Gasteiger partial charge in [-0.1, -0.05) is 5.16 Å². The van der Waals surface area contributed by atoms with E-state index in [0.29, 0.717) is 0 Å². The molecular weight excluding hydrogens is 241 g/mol. The van der Waals surface area contributed by atoms with Crippen molar-refractivity contribution >= 4 is 11.8 Å². The number of aromatic carboxylic acids is 1. The molecule has 0 radical (unpaired) electrons. The van der Waals surface area contributed by atoms with Crippen molar-refractivity contribution in [3.8, 4) is 0 Å². The molecule has 1 N–H and O–H groups in total. The van der Waals surface area contributed by atoms with Crippen molar-refractivity contribution < 1.29 is 23.6 Å². The lowest BCUT2D eigenvalue weighted by atomic mass is 10.0. The lowest BCUT2D eigenvalue weighted by Crippen LogP contribution is -2.09. The van der Waals surface area contributed by atoms with E-state index < -0.39 is 23.3 Å². The van der Waals surface area contributed by atoms with Gasteiger partial charge >= 0.3 is 5.97 Å². The SMILES string of the molecule is Cc1onc(C(=O)O)c1C(=O)c1ccc(F)cc1. The third-order valence-electron chi connectivity index (χ3n) is 2.40. The fourth-order valence-electron chi connectivity index (χ4n) is 1.53. The summed E-state index contributed by atoms with van der Waals surface area (Å²) in [5.41, 5.74) is -0.388. The summed E-state index contributed by atoms with van der Waals surface area (Å²) in [5, 5.41) is 12.2. The van der Waals surface area contributed by atoms with Crippen LogP contribution in [0.2, 0.25) is 0 Å². The summed E-state index contributed by atoms with van der Waals surface area (Å²) in [7, 11) is 0. The Bertz CT molecular complexity index is 616. The summed E-state index contributed by atoms with van der Waals surface area (Å²) in [6.45, 7) is 1.44. The van der Waals surface area contributed by atoms with E-state index in [9.17, 15) is 14.0 Å². The Labute approximate surface area is 101 Å². The summed E-state index contributed by atoms with van der Waals surface area (Å²) in [4.78, 5) is 23.0. The van der Waals surface area contributed by atoms with Crippen LogP contribution >= 0.6 is 0 Å². The lowest BCUT2D eigenvalue weighted by Gasteiger charge is -1.99. The Kier molecular flexibility index (Phi) is 2.93. The molecule has 2 aromatic rings. The van der Waals surface area contributed by atoms with Crippen molar-refractivity contribution in [3.63, 3.8) is 0 Å². The molecule has 1 aromatic heterocycles. The fourth-order valence-corrected chi connectivity index (χ4v) is 1.53. The van der Waals surface area contributed by atoms with Gasteiger partial charge in [0.05, 0.1) is 5.56 Å². The number of hydrogen-bond acceptors (Lipinski definition) is 4. The van der Waals surface area contributed by atoms with Gasteiger partial charge in [0.2, 0.25) is 5.69 Å². The van der Waals surface area contributed by atoms with Crippen LogP contribution in [-0.4, -0.2) is 22.0 Å². The molecule has 0 spiro atoms. The first-order valence-corrected chi connectivity index (χ1v) is 5.00. The number of carboxylic acids is 1. The van der Waals surface area contributed by atoms with E-state index in [1.807, 2.05) is 0 Å². The smallest absolute Gasteiger partial charge is 0.358 e. The molecule has 0 amide bonds. The molecule has 6 heteroatoms. The molecule has 0 atom stereocenters. The number of rotatable bonds is 3. The lowest BCUT2D eigenvalue weighted by molar-refractivity contribution is 0.0682. The molecule has 92 valence electrons. The monoisotopic (exact) mass is 249 g/mol. The zero-order chi connectivity index (χ0) is 13.3. The van der Waals surface area contributed by atoms with Crippen molar-refractivity contribution in [1.82, 2.24) is 5.16 Å². The first-order valence-electron chi connectivity index (χ1n) is 5.00. The highest BCUT2D eigenvalue weighted by molar-refractivity contribution is 6.14. The van der Waals surface area contributed by atoms with E-state index in [1.54, 1.807) is 0 Å². The second-order valence-corrected chi connectivity index (χ2v) is 3.60. The molecule has 0 unspecified atom stereocenters. The summed E-state index contributed by atoms with van der Waals surface area (Å²) in [5.74, 6) is -2.28. The van der Waals surface area contributed by atoms with Gasteiger partial charge in [0, 0.05) is 5.56 Å². The fraction of sp³-hybridized carbons (Fsp3) is 0.0833. The number of ketones is 1. The second-order valence-electron chi connectivity index (χ2n) is 3.60. The number of nitrogens with zero attached hydrogens (tertiary/aromatic N) is 1. The summed E-state index contributed by atoms with van der Waals surface area (Å²) in [6, 6.07) is 4.79. The van der Waals surface area contributed by atoms with E-state index in [1.165, 1.54) is 19.1 Å². The van der Waals surface area contributed by atoms with Crippen molar-refractivity contribution in [2.24, 2.45) is 0 Å². The molecule has 0 fully saturated rings. The normalized spacial score (nSPS) is 10.3. The van der Waals surface area contributed by atoms with Crippen LogP contribution in [0.3, 0.4) is 0 Å². The molecule has 0 bridgehead atoms. The predicted molar refractivity (Wildman–Crippen MR) is 58.0 cm³/mol. The van der Waals surface area contributed by atoms with Gasteiger partial charge in [0.25, 0.3) is 0 Å². The highest BCUT2D eigenvalue weighted by Crippen LogP contribution is 2.18. The molecule has 0 saturated heterocycles. The number of benzene rings is 1. The van der Waals surface area contributed by atoms with Gasteiger partial charge in [-0.05, 0) is 31.2 Å². The molecule has 1 aromatic carbocycles. The number of hydrogen-bond donors (Lipinski definition) is 1. The number of halogens is 1. The van der Waals surface area contributed by atoms with Crippen LogP contribution in [0.25, 0.3) is 0 Å². The van der Waals surface area contributed by atoms with E-state index in [2.05, 4.69) is 5.16 Å². The molecule has 0 aliphatic carbocycles. The first kappa shape index (κ1) is 12.0. The average molecular weight is 249 g/mol. The summed E-state index contributed by atoms with van der Waals surface area (Å²) >= 11 is 0. The van der Waals surface area contributed by atoms with E-state index in [0.717, 1.165) is 12.1 Å². The Morgan fingerprint density at radius 2 is 1.89 bits per heavy atom. The van der Waals surface area contributed by atoms with Gasteiger partial charge in [-0.3, -0.25) is 4.79 Å². The van der Waals surface area contributed by atoms with Crippen LogP contribution in [-0.2, 0) is 0 Å². The number of aryl methyl sites for hydroxylation is 1. The minimum atomic E-state index is -1.35. The minimum Gasteiger partial charge on any atom is -0.476 e. The first-order chi connectivity index (χ1) is 8.50. The topological polar surface area (TPSA) is 80.4 Å². The van der Waals surface area contributed by atoms with Gasteiger partial charge in [0.1, 0.15) is 11.6 Å². The molecule has 0 aliphatic heterocycles. The summed E-state index contributed by atoms with van der Waals surface area (Å²) in [6.07, 6.45) is 0. The van der Waals surface area contributed by atoms with Gasteiger partial charge in [-0.25, -0.2) is 9.18 Å². The van der Waals surface area contributed by atoms with Crippen LogP contribution < -0.4 is 0 Å². The third-order valence-corrected chi connectivity index (χ3v) is 2.40. The zero-order valence-corrected chi connectivity index (χ0v) is 9.31. The van der Waals surface area contributed by atoms with Gasteiger partial charge < -0.3 is 9.63 Å². The Balaban J connectivity index is 2.49. The molecule has 1 heterocycles. The Hall–Kier alpha value is -2.50. The largest absolute Gasteiger partial charge is 0.476 e. The number of carbonyl (C=O) groups is 2. The summed E-state index contributed by atoms with van der Waals surface area (Å²) < 4.78 is 17.4. The average Bonchev–Trinajstić information content (AvgIpc) is 2.71. The molecular formula is C12H8FNO4. The van der Waals surface area contributed by atoms with E-state index in [4.69, 9.17) is 9.63 Å². The third kappa shape index (κ3) is 2.00. The molecule has 2 rings (SSSR count). The maximum absolute atomic E-state index is 12.7. The number of carbonyl (C=O) groups excluding carboxylic acids is 1. The number of carboxylic acid groups (broad SMARTS) is 1. The zero-order valence-electron chi connectivity index (χ0n) is 9.31. The van der Waals surface area contributed by atoms with Crippen LogP contribution in [0.4, 0.5) is 4.39 Å². The van der Waals surface area contributed by atoms with Crippen LogP contribution in [0.5, 0.6) is 0 Å². The van der Waals surface area contributed by atoms with E-state index in [-0.39, 0.29) is 16.9 Å². The van der Waals surface area contributed by atoms with Gasteiger partial charge in [-0.2, -0.15) is 0 Å². The molecule has 18 heavy (non-hydrogen) atoms. The number of aromatic nitrogens is 1. The van der Waals surface area contributed by atoms with Gasteiger partial charge in [-0.15, -0.1) is 0 Å². The highest BCUT2D eigenvalue weighted by atomic mass is 19.1. The van der Waals surface area contributed by atoms with Crippen molar-refractivity contribution in [2.45, 2.75) is 6.92 Å². The van der Waals surface area contributed by atoms with Crippen molar-refractivity contribution in [2.75, 3.05) is 0 Å². The van der Waals surface area contributed by atoms with Crippen LogP contribution in [0, 0.1) is 12.7 Å². The molecule has 5 nitrogen and oxygen atoms in total. The maximum Gasteiger partial charge on any atom is 0.358 e. The second kappa shape index (κ2) is 4.40. The van der Waals surface area contributed by atoms with Crippen molar-refractivity contribution in [3.05, 3.63) is 52.7 Å². The Morgan fingerprint density at radius 1 is 1.28 bits per heavy atom. The minimum absolute atomic E-state index is 0.113. The van der Waals surface area contributed by atoms with Crippen LogP contribution in [0.15, 0.2) is 28.8 Å². The quantitative estimate of drug-likeness (QED) is 0.842. The van der Waals surface area contributed by atoms with E-state index >= 15 is 0 Å². The highest BCUT2D eigenvalue weighted by Gasteiger charge is 2.25. The molecule has 0 saturated carbocycles. The van der Waals surface area contributed by atoms with Gasteiger partial charge in [0.15, 0.2) is 5.78 Å². The Morgan fingerprint density at radius 3 is 2.44 bits per heavy atom. The predicted octanol–water partition coefficient (Wildman–Crippen LogP) is 2.05. The van der Waals surface area contributed by atoms with Crippen molar-refractivity contribution in [1.29, 1.82) is 0 Å². The standard InChI is InChI=1S/C12H8FNO4/c1-6-9(10(12(16)17)14-18-6)11(15)7-2-4-8(13)5-3-7/h2-5H,1H3,(H,16,17). The molecule has 0 aliphatic rings. The van der Waals surface area contributed by atoms with Crippen LogP contribution in [0.1, 0.15) is 32.2 Å².